The van der Waals surface area contributed by atoms with Crippen LogP contribution in [0.25, 0.3) is 10.9 Å². The highest BCUT2D eigenvalue weighted by Gasteiger charge is 2.26. The number of benzene rings is 2. The number of carbonyl (C=O) groups is 1. The van der Waals surface area contributed by atoms with Crippen LogP contribution in [0, 0.1) is 0 Å². The normalized spacial score (nSPS) is 16.9. The summed E-state index contributed by atoms with van der Waals surface area (Å²) in [4.78, 5) is 33.5. The average Bonchev–Trinajstić information content (AvgIpc) is 2.99. The molecule has 2 aliphatic heterocycles. The van der Waals surface area contributed by atoms with Crippen LogP contribution in [-0.4, -0.2) is 59.3 Å². The SMILES string of the molecule is O=C(NCc1ccc(Cl)cc1)c1cn2c3c(cc(CN4CCOCC4)cc3c1=O)OC(CNCc1cccnc1)C2. The molecule has 0 saturated carbocycles. The lowest BCUT2D eigenvalue weighted by atomic mass is 10.0. The second-order valence-corrected chi connectivity index (χ2v) is 10.9. The maximum Gasteiger partial charge on any atom is 0.257 e. The van der Waals surface area contributed by atoms with E-state index in [1.807, 2.05) is 47.2 Å². The first-order valence-electron chi connectivity index (χ1n) is 13.8. The van der Waals surface area contributed by atoms with Crippen LogP contribution in [0.5, 0.6) is 5.75 Å². The van der Waals surface area contributed by atoms with Crippen LogP contribution in [0.2, 0.25) is 5.02 Å². The van der Waals surface area contributed by atoms with Crippen LogP contribution in [0.4, 0.5) is 0 Å². The van der Waals surface area contributed by atoms with Crippen molar-refractivity contribution in [3.05, 3.63) is 105 Å². The quantitative estimate of drug-likeness (QED) is 0.317. The van der Waals surface area contributed by atoms with Gasteiger partial charge in [-0.05, 0) is 47.0 Å². The Labute approximate surface area is 243 Å². The summed E-state index contributed by atoms with van der Waals surface area (Å²) >= 11 is 5.99. The predicted octanol–water partition coefficient (Wildman–Crippen LogP) is 3.36. The fourth-order valence-corrected chi connectivity index (χ4v) is 5.49. The molecule has 0 bridgehead atoms. The zero-order valence-electron chi connectivity index (χ0n) is 22.6. The van der Waals surface area contributed by atoms with Crippen molar-refractivity contribution in [1.82, 2.24) is 25.1 Å². The Morgan fingerprint density at radius 2 is 1.88 bits per heavy atom. The van der Waals surface area contributed by atoms with Crippen LogP contribution < -0.4 is 20.8 Å². The highest BCUT2D eigenvalue weighted by molar-refractivity contribution is 6.30. The summed E-state index contributed by atoms with van der Waals surface area (Å²) in [5.41, 5.74) is 3.49. The van der Waals surface area contributed by atoms with Gasteiger partial charge < -0.3 is 24.7 Å². The van der Waals surface area contributed by atoms with Gasteiger partial charge in [0.1, 0.15) is 17.4 Å². The first-order chi connectivity index (χ1) is 20.0. The Kier molecular flexibility index (Phi) is 8.29. The van der Waals surface area contributed by atoms with Crippen LogP contribution >= 0.6 is 11.6 Å². The van der Waals surface area contributed by atoms with E-state index in [2.05, 4.69) is 20.5 Å². The number of pyridine rings is 2. The molecule has 9 nitrogen and oxygen atoms in total. The standard InChI is InChI=1S/C31H32ClN5O4/c32-24-5-3-21(4-6-24)16-35-31(39)27-20-37-19-25(17-34-15-22-2-1-7-33-14-22)41-28-13-23(12-26(29(28)37)30(27)38)18-36-8-10-40-11-9-36/h1-7,12-14,20,25,34H,8-11,15-19H2,(H,35,39). The van der Waals surface area contributed by atoms with E-state index in [0.717, 1.165) is 35.3 Å². The van der Waals surface area contributed by atoms with E-state index in [-0.39, 0.29) is 17.1 Å². The molecule has 212 valence electrons. The number of amides is 1. The largest absolute Gasteiger partial charge is 0.485 e. The summed E-state index contributed by atoms with van der Waals surface area (Å²) in [6, 6.07) is 15.1. The van der Waals surface area contributed by atoms with Crippen molar-refractivity contribution in [2.24, 2.45) is 0 Å². The number of nitrogens with one attached hydrogen (secondary N) is 2. The van der Waals surface area contributed by atoms with Crippen molar-refractivity contribution in [3.63, 3.8) is 0 Å². The molecule has 1 atom stereocenters. The number of aromatic nitrogens is 2. The molecule has 1 amide bonds. The molecule has 0 aliphatic carbocycles. The number of hydrogen-bond acceptors (Lipinski definition) is 7. The summed E-state index contributed by atoms with van der Waals surface area (Å²) < 4.78 is 13.9. The molecule has 2 aromatic carbocycles. The first-order valence-corrected chi connectivity index (χ1v) is 14.2. The van der Waals surface area contributed by atoms with Gasteiger partial charge in [0, 0.05) is 62.9 Å². The van der Waals surface area contributed by atoms with Crippen molar-refractivity contribution in [3.8, 4) is 5.75 Å². The average molecular weight is 574 g/mol. The Balaban J connectivity index is 1.28. The van der Waals surface area contributed by atoms with E-state index < -0.39 is 5.91 Å². The second kappa shape index (κ2) is 12.4. The van der Waals surface area contributed by atoms with Crippen LogP contribution in [-0.2, 0) is 30.9 Å². The van der Waals surface area contributed by atoms with Crippen molar-refractivity contribution < 1.29 is 14.3 Å². The van der Waals surface area contributed by atoms with Gasteiger partial charge in [-0.3, -0.25) is 19.5 Å². The second-order valence-electron chi connectivity index (χ2n) is 10.4. The van der Waals surface area contributed by atoms with E-state index in [1.54, 1.807) is 24.5 Å². The van der Waals surface area contributed by atoms with E-state index in [4.69, 9.17) is 21.1 Å². The van der Waals surface area contributed by atoms with Crippen LogP contribution in [0.1, 0.15) is 27.0 Å². The van der Waals surface area contributed by atoms with Gasteiger partial charge in [-0.25, -0.2) is 0 Å². The minimum absolute atomic E-state index is 0.116. The third-order valence-corrected chi connectivity index (χ3v) is 7.69. The molecule has 0 spiro atoms. The van der Waals surface area contributed by atoms with Crippen molar-refractivity contribution in [1.29, 1.82) is 0 Å². The van der Waals surface area contributed by atoms with E-state index in [1.165, 1.54) is 0 Å². The summed E-state index contributed by atoms with van der Waals surface area (Å²) in [6.45, 7) is 5.75. The molecule has 2 aliphatic rings. The number of ether oxygens (including phenoxy) is 2. The third-order valence-electron chi connectivity index (χ3n) is 7.43. The van der Waals surface area contributed by atoms with Gasteiger partial charge >= 0.3 is 0 Å². The van der Waals surface area contributed by atoms with E-state index >= 15 is 0 Å². The number of hydrogen-bond donors (Lipinski definition) is 2. The number of morpholine rings is 1. The highest BCUT2D eigenvalue weighted by Crippen LogP contribution is 2.32. The monoisotopic (exact) mass is 573 g/mol. The molecule has 1 unspecified atom stereocenters. The maximum absolute atomic E-state index is 13.7. The van der Waals surface area contributed by atoms with Crippen molar-refractivity contribution in [2.45, 2.75) is 32.3 Å². The predicted molar refractivity (Wildman–Crippen MR) is 157 cm³/mol. The highest BCUT2D eigenvalue weighted by atomic mass is 35.5. The molecule has 4 aromatic rings. The zero-order chi connectivity index (χ0) is 28.2. The number of halogens is 1. The lowest BCUT2D eigenvalue weighted by Crippen LogP contribution is -2.39. The van der Waals surface area contributed by atoms with Gasteiger partial charge in [0.25, 0.3) is 5.91 Å². The van der Waals surface area contributed by atoms with Gasteiger partial charge in [-0.2, -0.15) is 0 Å². The first kappa shape index (κ1) is 27.4. The van der Waals surface area contributed by atoms with Crippen molar-refractivity contribution >= 4 is 28.4 Å². The molecule has 4 heterocycles. The van der Waals surface area contributed by atoms with Crippen LogP contribution in [0.3, 0.4) is 0 Å². The lowest BCUT2D eigenvalue weighted by Gasteiger charge is -2.30. The molecule has 6 rings (SSSR count). The van der Waals surface area contributed by atoms with Gasteiger partial charge in [-0.15, -0.1) is 0 Å². The summed E-state index contributed by atoms with van der Waals surface area (Å²) in [7, 11) is 0. The molecule has 2 N–H and O–H groups in total. The summed E-state index contributed by atoms with van der Waals surface area (Å²) in [6.07, 6.45) is 5.07. The fourth-order valence-electron chi connectivity index (χ4n) is 5.37. The molecule has 10 heteroatoms. The van der Waals surface area contributed by atoms with Gasteiger partial charge in [0.15, 0.2) is 0 Å². The minimum atomic E-state index is -0.409. The zero-order valence-corrected chi connectivity index (χ0v) is 23.4. The molecule has 1 saturated heterocycles. The summed E-state index contributed by atoms with van der Waals surface area (Å²) in [5.74, 6) is 0.254. The minimum Gasteiger partial charge on any atom is -0.485 e. The molecule has 1 fully saturated rings. The molecular formula is C31H32ClN5O4. The third kappa shape index (κ3) is 6.44. The van der Waals surface area contributed by atoms with Crippen molar-refractivity contribution in [2.75, 3.05) is 32.8 Å². The topological polar surface area (TPSA) is 97.7 Å². The maximum atomic E-state index is 13.7. The Morgan fingerprint density at radius 1 is 1.05 bits per heavy atom. The smallest absolute Gasteiger partial charge is 0.257 e. The number of nitrogens with zero attached hydrogens (tertiary/aromatic N) is 3. The fraction of sp³-hybridized carbons (Fsp3) is 0.323. The number of rotatable bonds is 9. The summed E-state index contributed by atoms with van der Waals surface area (Å²) in [5, 5.41) is 7.48. The Bertz CT molecular complexity index is 1590. The Hall–Kier alpha value is -3.76. The van der Waals surface area contributed by atoms with E-state index in [9.17, 15) is 9.59 Å². The van der Waals surface area contributed by atoms with E-state index in [0.29, 0.717) is 62.1 Å². The lowest BCUT2D eigenvalue weighted by molar-refractivity contribution is 0.0341. The van der Waals surface area contributed by atoms with Crippen LogP contribution in [0.15, 0.2) is 71.9 Å². The molecular weight excluding hydrogens is 542 g/mol. The van der Waals surface area contributed by atoms with Gasteiger partial charge in [-0.1, -0.05) is 29.8 Å². The number of carbonyl (C=O) groups excluding carboxylic acids is 1. The molecule has 2 aromatic heterocycles. The Morgan fingerprint density at radius 3 is 2.66 bits per heavy atom. The molecule has 0 radical (unpaired) electrons. The molecule has 41 heavy (non-hydrogen) atoms. The van der Waals surface area contributed by atoms with Gasteiger partial charge in [0.2, 0.25) is 5.43 Å². The van der Waals surface area contributed by atoms with Gasteiger partial charge in [0.05, 0.1) is 30.7 Å².